The highest BCUT2D eigenvalue weighted by Crippen LogP contribution is 2.25. The number of esters is 1. The van der Waals surface area contributed by atoms with Crippen LogP contribution in [-0.4, -0.2) is 26.7 Å². The maximum absolute atomic E-state index is 11.9. The molecule has 0 aliphatic carbocycles. The van der Waals surface area contributed by atoms with Gasteiger partial charge in [0.25, 0.3) is 0 Å². The zero-order chi connectivity index (χ0) is 12.9. The molecule has 4 heteroatoms. The van der Waals surface area contributed by atoms with Gasteiger partial charge in [-0.25, -0.2) is 4.79 Å². The first-order chi connectivity index (χ1) is 8.08. The van der Waals surface area contributed by atoms with E-state index in [1.54, 1.807) is 14.0 Å². The van der Waals surface area contributed by atoms with Gasteiger partial charge in [-0.05, 0) is 31.2 Å². The monoisotopic (exact) mass is 237 g/mol. The summed E-state index contributed by atoms with van der Waals surface area (Å²) >= 11 is 0. The molecular formula is C13H19NO3. The molecule has 0 radical (unpaired) electrons. The molecular weight excluding hydrogens is 218 g/mol. The summed E-state index contributed by atoms with van der Waals surface area (Å²) in [6.45, 7) is 4.42. The highest BCUT2D eigenvalue weighted by atomic mass is 16.5. The van der Waals surface area contributed by atoms with Gasteiger partial charge in [0.05, 0.1) is 14.2 Å². The standard InChI is InChI=1S/C13H19NO3/c1-5-14-13(2,12(15)17-4)10-7-6-8-11(9-10)16-3/h6-9,14H,5H2,1-4H3. The van der Waals surface area contributed by atoms with E-state index in [-0.39, 0.29) is 5.97 Å². The molecule has 1 N–H and O–H groups in total. The zero-order valence-electron chi connectivity index (χ0n) is 10.7. The molecule has 0 saturated heterocycles. The van der Waals surface area contributed by atoms with E-state index in [1.807, 2.05) is 31.2 Å². The van der Waals surface area contributed by atoms with Crippen LogP contribution in [0.3, 0.4) is 0 Å². The summed E-state index contributed by atoms with van der Waals surface area (Å²) in [4.78, 5) is 11.9. The number of ether oxygens (including phenoxy) is 2. The Morgan fingerprint density at radius 1 is 1.41 bits per heavy atom. The molecule has 0 amide bonds. The molecule has 0 aliphatic heterocycles. The molecule has 1 atom stereocenters. The lowest BCUT2D eigenvalue weighted by atomic mass is 9.92. The van der Waals surface area contributed by atoms with Crippen molar-refractivity contribution in [2.24, 2.45) is 0 Å². The lowest BCUT2D eigenvalue weighted by Crippen LogP contribution is -2.47. The van der Waals surface area contributed by atoms with E-state index < -0.39 is 5.54 Å². The number of hydrogen-bond acceptors (Lipinski definition) is 4. The van der Waals surface area contributed by atoms with Gasteiger partial charge >= 0.3 is 5.97 Å². The average Bonchev–Trinajstić information content (AvgIpc) is 2.38. The molecule has 0 aromatic heterocycles. The summed E-state index contributed by atoms with van der Waals surface area (Å²) in [5.74, 6) is 0.406. The molecule has 4 nitrogen and oxygen atoms in total. The van der Waals surface area contributed by atoms with Crippen LogP contribution in [0.4, 0.5) is 0 Å². The van der Waals surface area contributed by atoms with Gasteiger partial charge < -0.3 is 9.47 Å². The van der Waals surface area contributed by atoms with Gasteiger partial charge in [-0.2, -0.15) is 0 Å². The second-order valence-electron chi connectivity index (χ2n) is 3.88. The first-order valence-electron chi connectivity index (χ1n) is 5.56. The molecule has 0 saturated carbocycles. The third-order valence-corrected chi connectivity index (χ3v) is 2.77. The SMILES string of the molecule is CCNC(C)(C(=O)OC)c1cccc(OC)c1. The molecule has 0 aliphatic rings. The van der Waals surface area contributed by atoms with E-state index in [2.05, 4.69) is 5.32 Å². The maximum atomic E-state index is 11.9. The Morgan fingerprint density at radius 2 is 2.12 bits per heavy atom. The van der Waals surface area contributed by atoms with Crippen LogP contribution in [0.15, 0.2) is 24.3 Å². The van der Waals surface area contributed by atoms with Crippen molar-refractivity contribution < 1.29 is 14.3 Å². The predicted octanol–water partition coefficient (Wildman–Crippen LogP) is 1.69. The highest BCUT2D eigenvalue weighted by molar-refractivity contribution is 5.82. The van der Waals surface area contributed by atoms with Gasteiger partial charge in [0, 0.05) is 0 Å². The lowest BCUT2D eigenvalue weighted by Gasteiger charge is -2.28. The molecule has 1 rings (SSSR count). The van der Waals surface area contributed by atoms with Gasteiger partial charge in [0.1, 0.15) is 11.3 Å². The minimum atomic E-state index is -0.849. The number of carbonyl (C=O) groups is 1. The van der Waals surface area contributed by atoms with E-state index in [1.165, 1.54) is 7.11 Å². The van der Waals surface area contributed by atoms with E-state index in [0.717, 1.165) is 11.3 Å². The Kier molecular flexibility index (Phi) is 4.52. The zero-order valence-corrected chi connectivity index (χ0v) is 10.7. The number of carbonyl (C=O) groups excluding carboxylic acids is 1. The second-order valence-corrected chi connectivity index (χ2v) is 3.88. The summed E-state index contributed by atoms with van der Waals surface area (Å²) < 4.78 is 10.0. The third-order valence-electron chi connectivity index (χ3n) is 2.77. The van der Waals surface area contributed by atoms with Gasteiger partial charge in [-0.15, -0.1) is 0 Å². The van der Waals surface area contributed by atoms with Gasteiger partial charge in [0.2, 0.25) is 0 Å². The largest absolute Gasteiger partial charge is 0.497 e. The van der Waals surface area contributed by atoms with E-state index in [0.29, 0.717) is 6.54 Å². The molecule has 94 valence electrons. The fourth-order valence-electron chi connectivity index (χ4n) is 1.78. The predicted molar refractivity (Wildman–Crippen MR) is 66.0 cm³/mol. The molecule has 0 spiro atoms. The first kappa shape index (κ1) is 13.5. The summed E-state index contributed by atoms with van der Waals surface area (Å²) in [7, 11) is 2.99. The van der Waals surface area contributed by atoms with Crippen LogP contribution >= 0.6 is 0 Å². The molecule has 17 heavy (non-hydrogen) atoms. The topological polar surface area (TPSA) is 47.6 Å². The minimum Gasteiger partial charge on any atom is -0.497 e. The Balaban J connectivity index is 3.16. The fourth-order valence-corrected chi connectivity index (χ4v) is 1.78. The van der Waals surface area contributed by atoms with Crippen LogP contribution in [0, 0.1) is 0 Å². The minimum absolute atomic E-state index is 0.312. The molecule has 1 unspecified atom stereocenters. The number of benzene rings is 1. The van der Waals surface area contributed by atoms with E-state index >= 15 is 0 Å². The quantitative estimate of drug-likeness (QED) is 0.792. The van der Waals surface area contributed by atoms with E-state index in [4.69, 9.17) is 9.47 Å². The van der Waals surface area contributed by atoms with Crippen molar-refractivity contribution in [1.82, 2.24) is 5.32 Å². The van der Waals surface area contributed by atoms with Crippen molar-refractivity contribution in [3.05, 3.63) is 29.8 Å². The van der Waals surface area contributed by atoms with Crippen molar-refractivity contribution in [2.45, 2.75) is 19.4 Å². The Morgan fingerprint density at radius 3 is 2.65 bits per heavy atom. The molecule has 1 aromatic rings. The summed E-state index contributed by atoms with van der Waals surface area (Å²) in [5, 5.41) is 3.15. The Hall–Kier alpha value is -1.55. The van der Waals surface area contributed by atoms with Gasteiger partial charge in [0.15, 0.2) is 0 Å². The molecule has 1 aromatic carbocycles. The van der Waals surface area contributed by atoms with Crippen molar-refractivity contribution in [3.63, 3.8) is 0 Å². The van der Waals surface area contributed by atoms with Crippen LogP contribution in [0.1, 0.15) is 19.4 Å². The van der Waals surface area contributed by atoms with Gasteiger partial charge in [-0.1, -0.05) is 19.1 Å². The van der Waals surface area contributed by atoms with Crippen molar-refractivity contribution in [3.8, 4) is 5.75 Å². The fraction of sp³-hybridized carbons (Fsp3) is 0.462. The number of likely N-dealkylation sites (N-methyl/N-ethyl adjacent to an activating group) is 1. The average molecular weight is 237 g/mol. The highest BCUT2D eigenvalue weighted by Gasteiger charge is 2.35. The number of methoxy groups -OCH3 is 2. The van der Waals surface area contributed by atoms with Crippen molar-refractivity contribution in [1.29, 1.82) is 0 Å². The molecule has 0 fully saturated rings. The number of rotatable bonds is 5. The van der Waals surface area contributed by atoms with Crippen LogP contribution < -0.4 is 10.1 Å². The maximum Gasteiger partial charge on any atom is 0.330 e. The van der Waals surface area contributed by atoms with E-state index in [9.17, 15) is 4.79 Å². The summed E-state index contributed by atoms with van der Waals surface area (Å²) in [6, 6.07) is 7.40. The van der Waals surface area contributed by atoms with Crippen LogP contribution in [0.2, 0.25) is 0 Å². The summed E-state index contributed by atoms with van der Waals surface area (Å²) in [6.07, 6.45) is 0. The molecule has 0 bridgehead atoms. The third kappa shape index (κ3) is 2.77. The summed E-state index contributed by atoms with van der Waals surface area (Å²) in [5.41, 5.74) is -0.0246. The lowest BCUT2D eigenvalue weighted by molar-refractivity contribution is -0.148. The normalized spacial score (nSPS) is 13.9. The molecule has 0 heterocycles. The smallest absolute Gasteiger partial charge is 0.330 e. The first-order valence-corrected chi connectivity index (χ1v) is 5.56. The van der Waals surface area contributed by atoms with Crippen molar-refractivity contribution >= 4 is 5.97 Å². The number of nitrogens with one attached hydrogen (secondary N) is 1. The number of hydrogen-bond donors (Lipinski definition) is 1. The van der Waals surface area contributed by atoms with Crippen LogP contribution in [-0.2, 0) is 15.1 Å². The van der Waals surface area contributed by atoms with Crippen molar-refractivity contribution in [2.75, 3.05) is 20.8 Å². The Bertz CT molecular complexity index is 392. The second kappa shape index (κ2) is 5.68. The van der Waals surface area contributed by atoms with Crippen LogP contribution in [0.5, 0.6) is 5.75 Å². The van der Waals surface area contributed by atoms with Gasteiger partial charge in [-0.3, -0.25) is 5.32 Å². The Labute approximate surface area is 102 Å². The van der Waals surface area contributed by atoms with Crippen LogP contribution in [0.25, 0.3) is 0 Å².